The van der Waals surface area contributed by atoms with Gasteiger partial charge < -0.3 is 11.1 Å². The van der Waals surface area contributed by atoms with E-state index in [1.165, 1.54) is 25.7 Å². The average molecular weight is 302 g/mol. The Bertz CT molecular complexity index is 535. The van der Waals surface area contributed by atoms with Crippen LogP contribution < -0.4 is 11.1 Å². The van der Waals surface area contributed by atoms with Gasteiger partial charge in [0.05, 0.1) is 10.9 Å². The van der Waals surface area contributed by atoms with E-state index in [1.807, 2.05) is 30.3 Å². The molecule has 0 aliphatic heterocycles. The molecule has 2 aliphatic carbocycles. The van der Waals surface area contributed by atoms with Crippen LogP contribution in [-0.2, 0) is 11.2 Å². The molecule has 3 nitrogen and oxygen atoms in total. The molecule has 1 aromatic rings. The topological polar surface area (TPSA) is 55.1 Å². The van der Waals surface area contributed by atoms with E-state index >= 15 is 0 Å². The molecule has 0 saturated heterocycles. The first-order valence-electron chi connectivity index (χ1n) is 7.72. The first-order valence-corrected chi connectivity index (χ1v) is 8.12. The number of rotatable bonds is 7. The molecule has 3 N–H and O–H groups in total. The van der Waals surface area contributed by atoms with Crippen LogP contribution in [-0.4, -0.2) is 17.4 Å². The summed E-state index contributed by atoms with van der Waals surface area (Å²) >= 11 is 5.10. The predicted octanol–water partition coefficient (Wildman–Crippen LogP) is 2.44. The van der Waals surface area contributed by atoms with E-state index < -0.39 is 5.92 Å². The number of thiocarbonyl (C=S) groups is 1. The van der Waals surface area contributed by atoms with Gasteiger partial charge in [-0.3, -0.25) is 4.79 Å². The summed E-state index contributed by atoms with van der Waals surface area (Å²) in [5.41, 5.74) is 7.28. The van der Waals surface area contributed by atoms with E-state index in [0.29, 0.717) is 11.8 Å². The van der Waals surface area contributed by atoms with Crippen molar-refractivity contribution in [2.45, 2.75) is 32.1 Å². The zero-order valence-electron chi connectivity index (χ0n) is 12.2. The smallest absolute Gasteiger partial charge is 0.230 e. The van der Waals surface area contributed by atoms with Gasteiger partial charge in [0.1, 0.15) is 0 Å². The fraction of sp³-hybridized carbons (Fsp3) is 0.529. The van der Waals surface area contributed by atoms with Crippen LogP contribution >= 0.6 is 12.2 Å². The highest BCUT2D eigenvalue weighted by atomic mass is 32.1. The van der Waals surface area contributed by atoms with Crippen LogP contribution in [0, 0.1) is 17.3 Å². The van der Waals surface area contributed by atoms with Crippen LogP contribution in [0.3, 0.4) is 0 Å². The Hall–Kier alpha value is -1.42. The van der Waals surface area contributed by atoms with Crippen molar-refractivity contribution in [2.24, 2.45) is 23.0 Å². The second-order valence-electron chi connectivity index (χ2n) is 6.50. The monoisotopic (exact) mass is 302 g/mol. The zero-order chi connectivity index (χ0) is 14.9. The van der Waals surface area contributed by atoms with Crippen molar-refractivity contribution in [3.63, 3.8) is 0 Å². The highest BCUT2D eigenvalue weighted by Crippen LogP contribution is 2.60. The summed E-state index contributed by atoms with van der Waals surface area (Å²) in [7, 11) is 0. The lowest BCUT2D eigenvalue weighted by Gasteiger charge is -2.19. The second kappa shape index (κ2) is 5.76. The number of carbonyl (C=O) groups excluding carboxylic acids is 1. The SMILES string of the molecule is NC(=S)C(Cc1ccccc1)C(=O)NCC1(C2CC2)CC1. The van der Waals surface area contributed by atoms with Gasteiger partial charge in [-0.2, -0.15) is 0 Å². The summed E-state index contributed by atoms with van der Waals surface area (Å²) in [5.74, 6) is 0.422. The van der Waals surface area contributed by atoms with Gasteiger partial charge in [-0.25, -0.2) is 0 Å². The highest BCUT2D eigenvalue weighted by molar-refractivity contribution is 7.80. The predicted molar refractivity (Wildman–Crippen MR) is 87.8 cm³/mol. The van der Waals surface area contributed by atoms with Gasteiger partial charge in [-0.1, -0.05) is 42.5 Å². The Kier molecular flexibility index (Phi) is 3.98. The van der Waals surface area contributed by atoms with Gasteiger partial charge >= 0.3 is 0 Å². The molecule has 1 unspecified atom stereocenters. The van der Waals surface area contributed by atoms with Crippen molar-refractivity contribution in [3.8, 4) is 0 Å². The van der Waals surface area contributed by atoms with Gasteiger partial charge in [0.15, 0.2) is 0 Å². The third kappa shape index (κ3) is 3.43. The van der Waals surface area contributed by atoms with Gasteiger partial charge in [0.25, 0.3) is 0 Å². The summed E-state index contributed by atoms with van der Waals surface area (Å²) in [4.78, 5) is 12.7. The number of nitrogens with one attached hydrogen (secondary N) is 1. The maximum Gasteiger partial charge on any atom is 0.230 e. The number of amides is 1. The van der Waals surface area contributed by atoms with Crippen molar-refractivity contribution >= 4 is 23.1 Å². The molecule has 3 rings (SSSR count). The maximum absolute atomic E-state index is 12.4. The van der Waals surface area contributed by atoms with Crippen LogP contribution in [0.1, 0.15) is 31.2 Å². The normalized spacial score (nSPS) is 20.6. The van der Waals surface area contributed by atoms with Gasteiger partial charge in [-0.05, 0) is 49.0 Å². The van der Waals surface area contributed by atoms with E-state index in [-0.39, 0.29) is 10.9 Å². The summed E-state index contributed by atoms with van der Waals surface area (Å²) in [6, 6.07) is 9.91. The van der Waals surface area contributed by atoms with Gasteiger partial charge in [0.2, 0.25) is 5.91 Å². The fourth-order valence-corrected chi connectivity index (χ4v) is 3.33. The number of nitrogens with two attached hydrogens (primary N) is 1. The number of hydrogen-bond donors (Lipinski definition) is 2. The molecule has 1 atom stereocenters. The van der Waals surface area contributed by atoms with E-state index in [4.69, 9.17) is 18.0 Å². The Morgan fingerprint density at radius 3 is 2.52 bits per heavy atom. The number of benzene rings is 1. The minimum absolute atomic E-state index is 0.0155. The molecule has 0 spiro atoms. The minimum Gasteiger partial charge on any atom is -0.393 e. The average Bonchev–Trinajstić information content (AvgIpc) is 3.36. The third-order valence-electron chi connectivity index (χ3n) is 4.89. The molecule has 21 heavy (non-hydrogen) atoms. The maximum atomic E-state index is 12.4. The summed E-state index contributed by atoms with van der Waals surface area (Å²) in [6.45, 7) is 0.796. The van der Waals surface area contributed by atoms with E-state index in [1.54, 1.807) is 0 Å². The molecule has 2 saturated carbocycles. The van der Waals surface area contributed by atoms with Crippen LogP contribution in [0.4, 0.5) is 0 Å². The molecule has 2 fully saturated rings. The molecule has 0 heterocycles. The van der Waals surface area contributed by atoms with E-state index in [9.17, 15) is 4.79 Å². The Labute approximate surface area is 131 Å². The molecule has 1 amide bonds. The molecule has 1 aromatic carbocycles. The minimum atomic E-state index is -0.405. The van der Waals surface area contributed by atoms with E-state index in [2.05, 4.69) is 5.32 Å². The highest BCUT2D eigenvalue weighted by Gasteiger charge is 2.53. The standard InChI is InChI=1S/C17H22N2OS/c18-15(21)14(10-12-4-2-1-3-5-12)16(20)19-11-17(8-9-17)13-6-7-13/h1-5,13-14H,6-11H2,(H2,18,21)(H,19,20). The van der Waals surface area contributed by atoms with Crippen molar-refractivity contribution in [1.29, 1.82) is 0 Å². The molecule has 2 aliphatic rings. The largest absolute Gasteiger partial charge is 0.393 e. The van der Waals surface area contributed by atoms with Crippen molar-refractivity contribution in [2.75, 3.05) is 6.54 Å². The molecular formula is C17H22N2OS. The second-order valence-corrected chi connectivity index (χ2v) is 6.97. The van der Waals surface area contributed by atoms with Crippen LogP contribution in [0.15, 0.2) is 30.3 Å². The number of hydrogen-bond acceptors (Lipinski definition) is 2. The molecule has 112 valence electrons. The Morgan fingerprint density at radius 2 is 2.00 bits per heavy atom. The van der Waals surface area contributed by atoms with Crippen LogP contribution in [0.2, 0.25) is 0 Å². The van der Waals surface area contributed by atoms with E-state index in [0.717, 1.165) is 18.0 Å². The Balaban J connectivity index is 1.58. The first kappa shape index (κ1) is 14.5. The quantitative estimate of drug-likeness (QED) is 0.761. The lowest BCUT2D eigenvalue weighted by Crippen LogP contribution is -2.41. The van der Waals surface area contributed by atoms with Gasteiger partial charge in [0, 0.05) is 6.54 Å². The molecule has 0 aromatic heterocycles. The summed E-state index contributed by atoms with van der Waals surface area (Å²) < 4.78 is 0. The lowest BCUT2D eigenvalue weighted by molar-refractivity contribution is -0.123. The van der Waals surface area contributed by atoms with Crippen LogP contribution in [0.5, 0.6) is 0 Å². The van der Waals surface area contributed by atoms with Crippen LogP contribution in [0.25, 0.3) is 0 Å². The van der Waals surface area contributed by atoms with Crippen molar-refractivity contribution in [1.82, 2.24) is 5.32 Å². The molecule has 0 radical (unpaired) electrons. The first-order chi connectivity index (χ1) is 10.1. The molecule has 4 heteroatoms. The lowest BCUT2D eigenvalue weighted by atomic mass is 9.97. The number of carbonyl (C=O) groups is 1. The zero-order valence-corrected chi connectivity index (χ0v) is 13.0. The summed E-state index contributed by atoms with van der Waals surface area (Å²) in [6.07, 6.45) is 5.76. The van der Waals surface area contributed by atoms with Gasteiger partial charge in [-0.15, -0.1) is 0 Å². The van der Waals surface area contributed by atoms with Crippen molar-refractivity contribution in [3.05, 3.63) is 35.9 Å². The Morgan fingerprint density at radius 1 is 1.33 bits per heavy atom. The molecule has 0 bridgehead atoms. The fourth-order valence-electron chi connectivity index (χ4n) is 3.14. The van der Waals surface area contributed by atoms with Crippen molar-refractivity contribution < 1.29 is 4.79 Å². The molecular weight excluding hydrogens is 280 g/mol. The summed E-state index contributed by atoms with van der Waals surface area (Å²) in [5, 5.41) is 3.10. The third-order valence-corrected chi connectivity index (χ3v) is 5.18.